The average molecular weight is 226 g/mol. The highest BCUT2D eigenvalue weighted by molar-refractivity contribution is 6.11. The minimum atomic E-state index is -0.0482. The van der Waals surface area contributed by atoms with Gasteiger partial charge in [-0.05, 0) is 12.1 Å². The van der Waals surface area contributed by atoms with Gasteiger partial charge in [-0.25, -0.2) is 0 Å². The van der Waals surface area contributed by atoms with Gasteiger partial charge in [-0.2, -0.15) is 0 Å². The molecule has 2 aromatic carbocycles. The molecule has 0 aromatic heterocycles. The maximum atomic E-state index is 12.3. The molecular formula is C14H10O3. The number of benzene rings is 2. The predicted molar refractivity (Wildman–Crippen MR) is 62.4 cm³/mol. The monoisotopic (exact) mass is 226 g/mol. The minimum Gasteiger partial charge on any atom is -0.454 e. The summed E-state index contributed by atoms with van der Waals surface area (Å²) in [5.41, 5.74) is 1.20. The van der Waals surface area contributed by atoms with Crippen LogP contribution in [0.4, 0.5) is 0 Å². The summed E-state index contributed by atoms with van der Waals surface area (Å²) < 4.78 is 10.6. The maximum absolute atomic E-state index is 12.3. The summed E-state index contributed by atoms with van der Waals surface area (Å²) >= 11 is 0. The van der Waals surface area contributed by atoms with E-state index in [2.05, 4.69) is 0 Å². The average Bonchev–Trinajstić information content (AvgIpc) is 2.87. The molecule has 1 aliphatic heterocycles. The van der Waals surface area contributed by atoms with Crippen molar-refractivity contribution in [3.05, 3.63) is 59.7 Å². The Labute approximate surface area is 98.6 Å². The minimum absolute atomic E-state index is 0.0482. The number of rotatable bonds is 2. The van der Waals surface area contributed by atoms with E-state index in [-0.39, 0.29) is 12.6 Å². The first-order valence-electron chi connectivity index (χ1n) is 5.34. The summed E-state index contributed by atoms with van der Waals surface area (Å²) in [7, 11) is 0. The summed E-state index contributed by atoms with van der Waals surface area (Å²) in [6.07, 6.45) is 0. The van der Waals surface area contributed by atoms with Crippen LogP contribution in [-0.2, 0) is 0 Å². The lowest BCUT2D eigenvalue weighted by Gasteiger charge is -2.04. The first-order chi connectivity index (χ1) is 8.36. The van der Waals surface area contributed by atoms with E-state index < -0.39 is 0 Å². The van der Waals surface area contributed by atoms with Gasteiger partial charge in [0.15, 0.2) is 17.3 Å². The lowest BCUT2D eigenvalue weighted by atomic mass is 10.0. The highest BCUT2D eigenvalue weighted by Gasteiger charge is 2.22. The van der Waals surface area contributed by atoms with Gasteiger partial charge in [0.1, 0.15) is 0 Å². The van der Waals surface area contributed by atoms with Gasteiger partial charge < -0.3 is 9.47 Å². The molecule has 3 rings (SSSR count). The van der Waals surface area contributed by atoms with Crippen molar-refractivity contribution in [2.75, 3.05) is 6.79 Å². The highest BCUT2D eigenvalue weighted by Crippen LogP contribution is 2.36. The predicted octanol–water partition coefficient (Wildman–Crippen LogP) is 2.65. The van der Waals surface area contributed by atoms with Crippen LogP contribution in [0.25, 0.3) is 0 Å². The SMILES string of the molecule is O=C(c1ccccc1)c1cccc2c1OCO2. The van der Waals surface area contributed by atoms with Crippen LogP contribution in [0.15, 0.2) is 48.5 Å². The van der Waals surface area contributed by atoms with Gasteiger partial charge in [-0.15, -0.1) is 0 Å². The van der Waals surface area contributed by atoms with E-state index in [1.807, 2.05) is 18.2 Å². The van der Waals surface area contributed by atoms with E-state index in [1.54, 1.807) is 30.3 Å². The topological polar surface area (TPSA) is 35.5 Å². The molecule has 3 heteroatoms. The second kappa shape index (κ2) is 3.94. The van der Waals surface area contributed by atoms with Gasteiger partial charge in [0.2, 0.25) is 6.79 Å². The van der Waals surface area contributed by atoms with Crippen molar-refractivity contribution in [3.63, 3.8) is 0 Å². The van der Waals surface area contributed by atoms with E-state index in [0.717, 1.165) is 0 Å². The molecule has 0 atom stereocenters. The van der Waals surface area contributed by atoms with Gasteiger partial charge in [0.25, 0.3) is 0 Å². The van der Waals surface area contributed by atoms with Crippen molar-refractivity contribution in [2.24, 2.45) is 0 Å². The summed E-state index contributed by atoms with van der Waals surface area (Å²) in [5, 5.41) is 0. The number of carbonyl (C=O) groups is 1. The summed E-state index contributed by atoms with van der Waals surface area (Å²) in [6, 6.07) is 14.5. The fourth-order valence-corrected chi connectivity index (χ4v) is 1.85. The first-order valence-corrected chi connectivity index (χ1v) is 5.34. The number of ketones is 1. The molecule has 0 spiro atoms. The smallest absolute Gasteiger partial charge is 0.231 e. The van der Waals surface area contributed by atoms with Crippen LogP contribution in [0, 0.1) is 0 Å². The second-order valence-electron chi connectivity index (χ2n) is 3.73. The quantitative estimate of drug-likeness (QED) is 0.738. The number of hydrogen-bond acceptors (Lipinski definition) is 3. The third-order valence-corrected chi connectivity index (χ3v) is 2.68. The van der Waals surface area contributed by atoms with Crippen LogP contribution in [0.3, 0.4) is 0 Å². The van der Waals surface area contributed by atoms with Crippen molar-refractivity contribution >= 4 is 5.78 Å². The van der Waals surface area contributed by atoms with Crippen LogP contribution < -0.4 is 9.47 Å². The van der Waals surface area contributed by atoms with Gasteiger partial charge in [0.05, 0.1) is 5.56 Å². The Balaban J connectivity index is 2.06. The Bertz CT molecular complexity index is 561. The number of para-hydroxylation sites is 1. The Morgan fingerprint density at radius 3 is 2.59 bits per heavy atom. The zero-order chi connectivity index (χ0) is 11.7. The molecule has 1 aliphatic rings. The zero-order valence-electron chi connectivity index (χ0n) is 9.05. The van der Waals surface area contributed by atoms with Crippen LogP contribution >= 0.6 is 0 Å². The van der Waals surface area contributed by atoms with Crippen molar-refractivity contribution in [3.8, 4) is 11.5 Å². The molecule has 0 N–H and O–H groups in total. The Hall–Kier alpha value is -2.29. The molecule has 0 unspecified atom stereocenters. The second-order valence-corrected chi connectivity index (χ2v) is 3.73. The van der Waals surface area contributed by atoms with E-state index in [0.29, 0.717) is 22.6 Å². The summed E-state index contributed by atoms with van der Waals surface area (Å²) in [6.45, 7) is 0.175. The molecule has 0 radical (unpaired) electrons. The van der Waals surface area contributed by atoms with Crippen molar-refractivity contribution in [1.82, 2.24) is 0 Å². The van der Waals surface area contributed by atoms with E-state index >= 15 is 0 Å². The van der Waals surface area contributed by atoms with Crippen molar-refractivity contribution < 1.29 is 14.3 Å². The molecule has 1 heterocycles. The molecule has 0 amide bonds. The number of carbonyl (C=O) groups excluding carboxylic acids is 1. The number of ether oxygens (including phenoxy) is 2. The van der Waals surface area contributed by atoms with Crippen LogP contribution in [-0.4, -0.2) is 12.6 Å². The third kappa shape index (κ3) is 1.65. The molecule has 0 bridgehead atoms. The molecule has 0 aliphatic carbocycles. The molecule has 2 aromatic rings. The van der Waals surface area contributed by atoms with Crippen LogP contribution in [0.5, 0.6) is 11.5 Å². The molecule has 0 saturated carbocycles. The van der Waals surface area contributed by atoms with Crippen molar-refractivity contribution in [1.29, 1.82) is 0 Å². The van der Waals surface area contributed by atoms with Crippen LogP contribution in [0.2, 0.25) is 0 Å². The van der Waals surface area contributed by atoms with Gasteiger partial charge in [-0.1, -0.05) is 36.4 Å². The maximum Gasteiger partial charge on any atom is 0.231 e. The van der Waals surface area contributed by atoms with Crippen molar-refractivity contribution in [2.45, 2.75) is 0 Å². The molecule has 84 valence electrons. The van der Waals surface area contributed by atoms with Gasteiger partial charge in [0, 0.05) is 5.56 Å². The number of fused-ring (bicyclic) bond motifs is 1. The van der Waals surface area contributed by atoms with Gasteiger partial charge in [-0.3, -0.25) is 4.79 Å². The largest absolute Gasteiger partial charge is 0.454 e. The molecule has 17 heavy (non-hydrogen) atoms. The molecule has 3 nitrogen and oxygen atoms in total. The summed E-state index contributed by atoms with van der Waals surface area (Å²) in [5.74, 6) is 1.13. The normalized spacial score (nSPS) is 12.5. The molecular weight excluding hydrogens is 216 g/mol. The fourth-order valence-electron chi connectivity index (χ4n) is 1.85. The third-order valence-electron chi connectivity index (χ3n) is 2.68. The summed E-state index contributed by atoms with van der Waals surface area (Å²) in [4.78, 5) is 12.3. The van der Waals surface area contributed by atoms with E-state index in [4.69, 9.17) is 9.47 Å². The molecule has 0 fully saturated rings. The lowest BCUT2D eigenvalue weighted by molar-refractivity contribution is 0.103. The standard InChI is InChI=1S/C14H10O3/c15-13(10-5-2-1-3-6-10)11-7-4-8-12-14(11)17-9-16-12/h1-8H,9H2. The Morgan fingerprint density at radius 2 is 1.76 bits per heavy atom. The lowest BCUT2D eigenvalue weighted by Crippen LogP contribution is -2.02. The van der Waals surface area contributed by atoms with Gasteiger partial charge >= 0.3 is 0 Å². The Morgan fingerprint density at radius 1 is 0.941 bits per heavy atom. The van der Waals surface area contributed by atoms with E-state index in [1.165, 1.54) is 0 Å². The zero-order valence-corrected chi connectivity index (χ0v) is 9.05. The highest BCUT2D eigenvalue weighted by atomic mass is 16.7. The fraction of sp³-hybridized carbons (Fsp3) is 0.0714. The molecule has 0 saturated heterocycles. The Kier molecular flexibility index (Phi) is 2.29. The number of hydrogen-bond donors (Lipinski definition) is 0. The first kappa shape index (κ1) is 9.90. The van der Waals surface area contributed by atoms with Crippen LogP contribution in [0.1, 0.15) is 15.9 Å². The van der Waals surface area contributed by atoms with E-state index in [9.17, 15) is 4.79 Å².